The number of aromatic amines is 1. The van der Waals surface area contributed by atoms with Gasteiger partial charge in [0.2, 0.25) is 11.7 Å². The number of nitrogens with one attached hydrogen (secondary N) is 1. The minimum atomic E-state index is 0.0434. The molecule has 0 radical (unpaired) electrons. The second-order valence-corrected chi connectivity index (χ2v) is 5.04. The maximum atomic E-state index is 12.1. The Balaban J connectivity index is 2.06. The maximum Gasteiger partial charge on any atom is 0.227 e. The summed E-state index contributed by atoms with van der Waals surface area (Å²) in [6, 6.07) is 5.27. The van der Waals surface area contributed by atoms with Crippen LogP contribution in [0.4, 0.5) is 5.69 Å². The first kappa shape index (κ1) is 12.8. The number of carbonyl (C=O) groups is 1. The Morgan fingerprint density at radius 1 is 1.50 bits per heavy atom. The van der Waals surface area contributed by atoms with E-state index in [1.165, 1.54) is 0 Å². The summed E-state index contributed by atoms with van der Waals surface area (Å²) in [5, 5.41) is 14.4. The van der Waals surface area contributed by atoms with Crippen molar-refractivity contribution in [1.29, 1.82) is 0 Å². The van der Waals surface area contributed by atoms with E-state index in [0.717, 1.165) is 5.56 Å². The highest BCUT2D eigenvalue weighted by atomic mass is 35.5. The third-order valence-corrected chi connectivity index (χ3v) is 3.56. The zero-order chi connectivity index (χ0) is 14.1. The van der Waals surface area contributed by atoms with Gasteiger partial charge in [0.1, 0.15) is 0 Å². The third kappa shape index (κ3) is 2.18. The molecule has 0 bridgehead atoms. The molecule has 0 aliphatic carbocycles. The normalized spacial score (nSPS) is 18.6. The molecule has 0 saturated carbocycles. The zero-order valence-electron chi connectivity index (χ0n) is 10.6. The number of tetrazole rings is 1. The molecule has 1 fully saturated rings. The van der Waals surface area contributed by atoms with Gasteiger partial charge in [0.05, 0.1) is 5.69 Å². The quantitative estimate of drug-likeness (QED) is 0.878. The van der Waals surface area contributed by atoms with E-state index in [1.807, 2.05) is 0 Å². The van der Waals surface area contributed by atoms with Crippen LogP contribution in [0.1, 0.15) is 6.42 Å². The lowest BCUT2D eigenvalue weighted by Gasteiger charge is -2.19. The van der Waals surface area contributed by atoms with Gasteiger partial charge in [0, 0.05) is 29.5 Å². The number of rotatable bonds is 3. The predicted molar refractivity (Wildman–Crippen MR) is 75.3 cm³/mol. The molecule has 1 aromatic heterocycles. The zero-order valence-corrected chi connectivity index (χ0v) is 11.3. The fraction of sp³-hybridized carbons (Fsp3) is 0.231. The SMILES string of the molecule is C=CC1CC(=O)N(c2cc(Cl)ccc2-c2nn[nH]n2)C1. The number of carbonyl (C=O) groups excluding carboxylic acids is 1. The summed E-state index contributed by atoms with van der Waals surface area (Å²) >= 11 is 6.05. The van der Waals surface area contributed by atoms with Crippen LogP contribution in [0.3, 0.4) is 0 Å². The summed E-state index contributed by atoms with van der Waals surface area (Å²) in [5.74, 6) is 0.632. The average Bonchev–Trinajstić information content (AvgIpc) is 3.07. The van der Waals surface area contributed by atoms with E-state index in [4.69, 9.17) is 11.6 Å². The third-order valence-electron chi connectivity index (χ3n) is 3.33. The highest BCUT2D eigenvalue weighted by Crippen LogP contribution is 2.35. The number of nitrogens with zero attached hydrogens (tertiary/aromatic N) is 4. The molecule has 1 saturated heterocycles. The van der Waals surface area contributed by atoms with Gasteiger partial charge in [0.15, 0.2) is 0 Å². The monoisotopic (exact) mass is 289 g/mol. The fourth-order valence-corrected chi connectivity index (χ4v) is 2.49. The van der Waals surface area contributed by atoms with Crippen LogP contribution in [0.2, 0.25) is 5.02 Å². The van der Waals surface area contributed by atoms with Gasteiger partial charge in [-0.2, -0.15) is 5.21 Å². The number of aromatic nitrogens is 4. The molecule has 102 valence electrons. The van der Waals surface area contributed by atoms with Crippen molar-refractivity contribution in [1.82, 2.24) is 20.6 Å². The number of anilines is 1. The Hall–Kier alpha value is -2.21. The van der Waals surface area contributed by atoms with Crippen LogP contribution in [0.25, 0.3) is 11.4 Å². The van der Waals surface area contributed by atoms with E-state index >= 15 is 0 Å². The van der Waals surface area contributed by atoms with Crippen LogP contribution in [-0.2, 0) is 4.79 Å². The first-order valence-corrected chi connectivity index (χ1v) is 6.53. The first-order chi connectivity index (χ1) is 9.69. The molecule has 1 aliphatic heterocycles. The lowest BCUT2D eigenvalue weighted by atomic mass is 10.1. The Morgan fingerprint density at radius 2 is 2.35 bits per heavy atom. The van der Waals surface area contributed by atoms with E-state index in [9.17, 15) is 4.79 Å². The van der Waals surface area contributed by atoms with Crippen LogP contribution < -0.4 is 4.90 Å². The number of hydrogen-bond donors (Lipinski definition) is 1. The van der Waals surface area contributed by atoms with Gasteiger partial charge in [0.25, 0.3) is 0 Å². The summed E-state index contributed by atoms with van der Waals surface area (Å²) < 4.78 is 0. The van der Waals surface area contributed by atoms with Crippen molar-refractivity contribution in [2.75, 3.05) is 11.4 Å². The molecule has 3 rings (SSSR count). The standard InChI is InChI=1S/C13H12ClN5O/c1-2-8-5-12(20)19(7-8)11-6-9(14)3-4-10(11)13-15-17-18-16-13/h2-4,6,8H,1,5,7H2,(H,15,16,17,18). The van der Waals surface area contributed by atoms with Crippen molar-refractivity contribution in [2.45, 2.75) is 6.42 Å². The van der Waals surface area contributed by atoms with E-state index in [2.05, 4.69) is 27.2 Å². The Labute approximate surface area is 120 Å². The molecular formula is C13H12ClN5O. The predicted octanol–water partition coefficient (Wildman–Crippen LogP) is 2.06. The highest BCUT2D eigenvalue weighted by Gasteiger charge is 2.31. The number of H-pyrrole nitrogens is 1. The molecule has 20 heavy (non-hydrogen) atoms. The molecule has 1 unspecified atom stereocenters. The van der Waals surface area contributed by atoms with Crippen molar-refractivity contribution >= 4 is 23.2 Å². The van der Waals surface area contributed by atoms with Crippen molar-refractivity contribution < 1.29 is 4.79 Å². The second kappa shape index (κ2) is 5.05. The summed E-state index contributed by atoms with van der Waals surface area (Å²) in [4.78, 5) is 13.8. The maximum absolute atomic E-state index is 12.1. The Bertz CT molecular complexity index is 655. The molecule has 1 N–H and O–H groups in total. The van der Waals surface area contributed by atoms with Gasteiger partial charge < -0.3 is 4.90 Å². The molecule has 1 aromatic carbocycles. The molecule has 1 aliphatic rings. The molecule has 0 spiro atoms. The minimum absolute atomic E-state index is 0.0434. The largest absolute Gasteiger partial charge is 0.311 e. The molecular weight excluding hydrogens is 278 g/mol. The van der Waals surface area contributed by atoms with Gasteiger partial charge >= 0.3 is 0 Å². The molecule has 1 atom stereocenters. The van der Waals surface area contributed by atoms with Crippen LogP contribution in [0.5, 0.6) is 0 Å². The number of hydrogen-bond acceptors (Lipinski definition) is 4. The Morgan fingerprint density at radius 3 is 3.00 bits per heavy atom. The summed E-state index contributed by atoms with van der Waals surface area (Å²) in [7, 11) is 0. The molecule has 6 nitrogen and oxygen atoms in total. The van der Waals surface area contributed by atoms with Gasteiger partial charge in [-0.05, 0) is 23.4 Å². The van der Waals surface area contributed by atoms with E-state index in [-0.39, 0.29) is 11.8 Å². The fourth-order valence-electron chi connectivity index (χ4n) is 2.32. The van der Waals surface area contributed by atoms with Gasteiger partial charge in [-0.1, -0.05) is 17.7 Å². The molecule has 2 heterocycles. The number of halogens is 1. The van der Waals surface area contributed by atoms with Crippen molar-refractivity contribution in [3.63, 3.8) is 0 Å². The summed E-state index contributed by atoms with van der Waals surface area (Å²) in [6.07, 6.45) is 2.26. The second-order valence-electron chi connectivity index (χ2n) is 4.60. The first-order valence-electron chi connectivity index (χ1n) is 6.15. The minimum Gasteiger partial charge on any atom is -0.311 e. The van der Waals surface area contributed by atoms with Crippen LogP contribution >= 0.6 is 11.6 Å². The summed E-state index contributed by atoms with van der Waals surface area (Å²) in [5.41, 5.74) is 1.43. The lowest BCUT2D eigenvalue weighted by molar-refractivity contribution is -0.117. The van der Waals surface area contributed by atoms with Crippen molar-refractivity contribution in [2.24, 2.45) is 5.92 Å². The number of amides is 1. The van der Waals surface area contributed by atoms with E-state index in [0.29, 0.717) is 29.5 Å². The average molecular weight is 290 g/mol. The van der Waals surface area contributed by atoms with Gasteiger partial charge in [-0.25, -0.2) is 0 Å². The molecule has 2 aromatic rings. The topological polar surface area (TPSA) is 74.8 Å². The van der Waals surface area contributed by atoms with Gasteiger partial charge in [-0.15, -0.1) is 16.8 Å². The highest BCUT2D eigenvalue weighted by molar-refractivity contribution is 6.31. The molecule has 7 heteroatoms. The molecule has 1 amide bonds. The van der Waals surface area contributed by atoms with Crippen molar-refractivity contribution in [3.8, 4) is 11.4 Å². The van der Waals surface area contributed by atoms with E-state index in [1.54, 1.807) is 29.2 Å². The summed E-state index contributed by atoms with van der Waals surface area (Å²) in [6.45, 7) is 4.34. The van der Waals surface area contributed by atoms with Crippen LogP contribution in [-0.4, -0.2) is 33.1 Å². The van der Waals surface area contributed by atoms with Crippen LogP contribution in [0, 0.1) is 5.92 Å². The smallest absolute Gasteiger partial charge is 0.227 e. The van der Waals surface area contributed by atoms with Crippen LogP contribution in [0.15, 0.2) is 30.9 Å². The van der Waals surface area contributed by atoms with Gasteiger partial charge in [-0.3, -0.25) is 4.79 Å². The Kier molecular flexibility index (Phi) is 3.23. The lowest BCUT2D eigenvalue weighted by Crippen LogP contribution is -2.25. The number of benzene rings is 1. The van der Waals surface area contributed by atoms with E-state index < -0.39 is 0 Å². The van der Waals surface area contributed by atoms with Crippen molar-refractivity contribution in [3.05, 3.63) is 35.9 Å².